The Morgan fingerprint density at radius 2 is 1.94 bits per heavy atom. The molecule has 0 aliphatic carbocycles. The lowest BCUT2D eigenvalue weighted by Crippen LogP contribution is -2.22. The third kappa shape index (κ3) is 3.16. The molecule has 2 aromatic heterocycles. The molecule has 2 heterocycles. The summed E-state index contributed by atoms with van der Waals surface area (Å²) in [6.07, 6.45) is 4.56. The number of anilines is 2. The van der Waals surface area contributed by atoms with Gasteiger partial charge in [-0.05, 0) is 31.0 Å². The molecule has 2 aromatic rings. The van der Waals surface area contributed by atoms with E-state index < -0.39 is 0 Å². The molecule has 18 heavy (non-hydrogen) atoms. The molecule has 2 rings (SSSR count). The second kappa shape index (κ2) is 5.44. The molecule has 0 aliphatic heterocycles. The number of pyridine rings is 1. The summed E-state index contributed by atoms with van der Waals surface area (Å²) in [5.41, 5.74) is 6.98. The molecule has 94 valence electrons. The van der Waals surface area contributed by atoms with Crippen LogP contribution in [0.4, 0.5) is 11.6 Å². The van der Waals surface area contributed by atoms with Crippen LogP contribution < -0.4 is 10.6 Å². The number of nitrogens with zero attached hydrogens (tertiary/aromatic N) is 4. The first-order valence-electron chi connectivity index (χ1n) is 5.86. The first kappa shape index (κ1) is 12.3. The van der Waals surface area contributed by atoms with Crippen LogP contribution in [0.15, 0.2) is 30.6 Å². The maximum Gasteiger partial charge on any atom is 0.134 e. The number of aromatic nitrogens is 3. The van der Waals surface area contributed by atoms with E-state index in [1.165, 1.54) is 5.56 Å². The van der Waals surface area contributed by atoms with Crippen molar-refractivity contribution in [1.29, 1.82) is 0 Å². The molecule has 0 radical (unpaired) electrons. The molecule has 5 heteroatoms. The van der Waals surface area contributed by atoms with Gasteiger partial charge in [0.05, 0.1) is 0 Å². The zero-order valence-corrected chi connectivity index (χ0v) is 10.7. The van der Waals surface area contributed by atoms with Gasteiger partial charge in [0, 0.05) is 32.1 Å². The summed E-state index contributed by atoms with van der Waals surface area (Å²) in [5.74, 6) is 2.06. The highest BCUT2D eigenvalue weighted by Gasteiger charge is 2.05. The minimum atomic E-state index is 0.508. The minimum Gasteiger partial charge on any atom is -0.384 e. The summed E-state index contributed by atoms with van der Waals surface area (Å²) < 4.78 is 0. The van der Waals surface area contributed by atoms with Gasteiger partial charge in [0.2, 0.25) is 0 Å². The van der Waals surface area contributed by atoms with Crippen molar-refractivity contribution in [2.45, 2.75) is 13.3 Å². The summed E-state index contributed by atoms with van der Waals surface area (Å²) in [5, 5.41) is 0. The fraction of sp³-hybridized carbons (Fsp3) is 0.308. The second-order valence-corrected chi connectivity index (χ2v) is 4.23. The van der Waals surface area contributed by atoms with E-state index in [-0.39, 0.29) is 0 Å². The average Bonchev–Trinajstić information content (AvgIpc) is 2.36. The van der Waals surface area contributed by atoms with Crippen molar-refractivity contribution in [3.8, 4) is 0 Å². The normalized spacial score (nSPS) is 10.3. The van der Waals surface area contributed by atoms with Crippen molar-refractivity contribution in [2.75, 3.05) is 24.2 Å². The molecule has 0 bridgehead atoms. The van der Waals surface area contributed by atoms with E-state index in [9.17, 15) is 0 Å². The first-order valence-corrected chi connectivity index (χ1v) is 5.86. The van der Waals surface area contributed by atoms with E-state index in [4.69, 9.17) is 5.73 Å². The van der Waals surface area contributed by atoms with E-state index in [1.54, 1.807) is 6.07 Å². The van der Waals surface area contributed by atoms with Gasteiger partial charge < -0.3 is 10.6 Å². The van der Waals surface area contributed by atoms with E-state index in [0.717, 1.165) is 18.8 Å². The van der Waals surface area contributed by atoms with Crippen LogP contribution in [0.2, 0.25) is 0 Å². The largest absolute Gasteiger partial charge is 0.384 e. The summed E-state index contributed by atoms with van der Waals surface area (Å²) in [6.45, 7) is 2.72. The maximum atomic E-state index is 5.72. The van der Waals surface area contributed by atoms with Gasteiger partial charge in [-0.2, -0.15) is 0 Å². The van der Waals surface area contributed by atoms with Gasteiger partial charge in [0.15, 0.2) is 0 Å². The fourth-order valence-corrected chi connectivity index (χ4v) is 1.73. The molecular weight excluding hydrogens is 226 g/mol. The quantitative estimate of drug-likeness (QED) is 0.880. The Hall–Kier alpha value is -2.17. The Morgan fingerprint density at radius 1 is 1.22 bits per heavy atom. The summed E-state index contributed by atoms with van der Waals surface area (Å²) >= 11 is 0. The Balaban J connectivity index is 2.01. The molecular formula is C13H17N5. The molecule has 0 aromatic carbocycles. The van der Waals surface area contributed by atoms with Gasteiger partial charge in [-0.1, -0.05) is 0 Å². The van der Waals surface area contributed by atoms with Crippen LogP contribution in [-0.2, 0) is 6.42 Å². The molecule has 0 spiro atoms. The van der Waals surface area contributed by atoms with Crippen molar-refractivity contribution in [3.63, 3.8) is 0 Å². The molecule has 0 atom stereocenters. The lowest BCUT2D eigenvalue weighted by molar-refractivity contribution is 0.848. The predicted octanol–water partition coefficient (Wildman–Crippen LogP) is 1.44. The molecule has 0 saturated heterocycles. The summed E-state index contributed by atoms with van der Waals surface area (Å²) in [6, 6.07) is 5.83. The lowest BCUT2D eigenvalue weighted by Gasteiger charge is -2.18. The molecule has 0 amide bonds. The van der Waals surface area contributed by atoms with Gasteiger partial charge in [-0.15, -0.1) is 0 Å². The molecule has 0 fully saturated rings. The molecule has 5 nitrogen and oxygen atoms in total. The predicted molar refractivity (Wildman–Crippen MR) is 72.4 cm³/mol. The van der Waals surface area contributed by atoms with Crippen LogP contribution in [0.1, 0.15) is 11.4 Å². The highest BCUT2D eigenvalue weighted by atomic mass is 15.2. The third-order valence-corrected chi connectivity index (χ3v) is 2.72. The van der Waals surface area contributed by atoms with E-state index in [2.05, 4.69) is 19.9 Å². The van der Waals surface area contributed by atoms with Crippen molar-refractivity contribution >= 4 is 11.6 Å². The average molecular weight is 243 g/mol. The maximum absolute atomic E-state index is 5.72. The highest BCUT2D eigenvalue weighted by molar-refractivity contribution is 5.46. The molecule has 2 N–H and O–H groups in total. The third-order valence-electron chi connectivity index (χ3n) is 2.72. The van der Waals surface area contributed by atoms with Crippen LogP contribution in [0.5, 0.6) is 0 Å². The van der Waals surface area contributed by atoms with Gasteiger partial charge in [0.25, 0.3) is 0 Å². The smallest absolute Gasteiger partial charge is 0.134 e. The van der Waals surface area contributed by atoms with Gasteiger partial charge >= 0.3 is 0 Å². The van der Waals surface area contributed by atoms with E-state index >= 15 is 0 Å². The Morgan fingerprint density at radius 3 is 2.61 bits per heavy atom. The minimum absolute atomic E-state index is 0.508. The zero-order chi connectivity index (χ0) is 13.0. The monoisotopic (exact) mass is 243 g/mol. The number of nitrogens with two attached hydrogens (primary N) is 1. The van der Waals surface area contributed by atoms with Crippen LogP contribution in [-0.4, -0.2) is 28.5 Å². The number of likely N-dealkylation sites (N-methyl/N-ethyl adjacent to an activating group) is 1. The summed E-state index contributed by atoms with van der Waals surface area (Å²) in [7, 11) is 2.00. The summed E-state index contributed by atoms with van der Waals surface area (Å²) in [4.78, 5) is 14.5. The topological polar surface area (TPSA) is 67.9 Å². The standard InChI is InChI=1S/C13H17N5/c1-10-16-12(14)9-13(17-10)18(2)8-5-11-3-6-15-7-4-11/h3-4,6-7,9H,5,8H2,1-2H3,(H2,14,16,17). The van der Waals surface area contributed by atoms with Gasteiger partial charge in [-0.3, -0.25) is 4.98 Å². The number of hydrogen-bond donors (Lipinski definition) is 1. The molecule has 0 aliphatic rings. The van der Waals surface area contributed by atoms with E-state index in [0.29, 0.717) is 11.6 Å². The Bertz CT molecular complexity index is 492. The molecule has 0 saturated carbocycles. The van der Waals surface area contributed by atoms with Crippen molar-refractivity contribution < 1.29 is 0 Å². The van der Waals surface area contributed by atoms with Crippen molar-refractivity contribution in [2.24, 2.45) is 0 Å². The van der Waals surface area contributed by atoms with Gasteiger partial charge in [-0.25, -0.2) is 9.97 Å². The van der Waals surface area contributed by atoms with Crippen LogP contribution in [0, 0.1) is 6.92 Å². The second-order valence-electron chi connectivity index (χ2n) is 4.23. The Labute approximate surface area is 107 Å². The lowest BCUT2D eigenvalue weighted by atomic mass is 10.2. The molecule has 0 unspecified atom stereocenters. The van der Waals surface area contributed by atoms with Crippen LogP contribution >= 0.6 is 0 Å². The highest BCUT2D eigenvalue weighted by Crippen LogP contribution is 2.12. The Kier molecular flexibility index (Phi) is 3.72. The van der Waals surface area contributed by atoms with Crippen molar-refractivity contribution in [3.05, 3.63) is 42.0 Å². The van der Waals surface area contributed by atoms with E-state index in [1.807, 2.05) is 38.5 Å². The number of nitrogen functional groups attached to an aromatic ring is 1. The van der Waals surface area contributed by atoms with Gasteiger partial charge in [0.1, 0.15) is 17.5 Å². The van der Waals surface area contributed by atoms with Crippen LogP contribution in [0.3, 0.4) is 0 Å². The zero-order valence-electron chi connectivity index (χ0n) is 10.7. The number of rotatable bonds is 4. The number of aryl methyl sites for hydroxylation is 1. The van der Waals surface area contributed by atoms with Crippen LogP contribution in [0.25, 0.3) is 0 Å². The number of hydrogen-bond acceptors (Lipinski definition) is 5. The first-order chi connectivity index (χ1) is 8.65. The fourth-order valence-electron chi connectivity index (χ4n) is 1.73. The van der Waals surface area contributed by atoms with Crippen molar-refractivity contribution in [1.82, 2.24) is 15.0 Å². The SMILES string of the molecule is Cc1nc(N)cc(N(C)CCc2ccncc2)n1.